The Hall–Kier alpha value is -1.74. The van der Waals surface area contributed by atoms with Crippen LogP contribution in [0.4, 0.5) is 0 Å². The van der Waals surface area contributed by atoms with Crippen molar-refractivity contribution in [2.75, 3.05) is 0 Å². The zero-order chi connectivity index (χ0) is 15.6. The molecule has 1 aromatic rings. The first-order chi connectivity index (χ1) is 10.8. The largest absolute Gasteiger partial charge is 0.0917 e. The number of rotatable bonds is 4. The quantitative estimate of drug-likeness (QED) is 0.476. The van der Waals surface area contributed by atoms with Gasteiger partial charge in [0.2, 0.25) is 0 Å². The van der Waals surface area contributed by atoms with Gasteiger partial charge in [0.25, 0.3) is 0 Å². The Morgan fingerprint density at radius 3 is 2.45 bits per heavy atom. The van der Waals surface area contributed by atoms with Crippen LogP contribution in [-0.4, -0.2) is 0 Å². The summed E-state index contributed by atoms with van der Waals surface area (Å²) >= 11 is 0. The maximum atomic E-state index is 3.23. The highest BCUT2D eigenvalue weighted by Gasteiger charge is 2.17. The molecule has 0 amide bonds. The Bertz CT molecular complexity index is 540. The maximum absolute atomic E-state index is 3.23. The van der Waals surface area contributed by atoms with Crippen LogP contribution in [0.3, 0.4) is 0 Å². The van der Waals surface area contributed by atoms with E-state index in [4.69, 9.17) is 0 Å². The van der Waals surface area contributed by atoms with Crippen molar-refractivity contribution in [2.45, 2.75) is 52.4 Å². The van der Waals surface area contributed by atoms with Crippen LogP contribution in [0.25, 0.3) is 0 Å². The van der Waals surface area contributed by atoms with Crippen LogP contribution in [0.15, 0.2) is 48.6 Å². The zero-order valence-corrected chi connectivity index (χ0v) is 14.0. The first-order valence-electron chi connectivity index (χ1n) is 8.70. The summed E-state index contributed by atoms with van der Waals surface area (Å²) in [4.78, 5) is 0. The minimum absolute atomic E-state index is 0.735. The number of benzene rings is 1. The summed E-state index contributed by atoms with van der Waals surface area (Å²) in [5, 5.41) is 0. The van der Waals surface area contributed by atoms with Gasteiger partial charge in [-0.15, -0.1) is 0 Å². The van der Waals surface area contributed by atoms with E-state index in [0.717, 1.165) is 23.8 Å². The van der Waals surface area contributed by atoms with Crippen LogP contribution in [0.5, 0.6) is 0 Å². The molecule has 1 aliphatic carbocycles. The predicted molar refractivity (Wildman–Crippen MR) is 96.7 cm³/mol. The van der Waals surface area contributed by atoms with E-state index in [0.29, 0.717) is 0 Å². The normalized spacial score (nSPS) is 21.9. The van der Waals surface area contributed by atoms with E-state index in [1.165, 1.54) is 37.7 Å². The van der Waals surface area contributed by atoms with Crippen molar-refractivity contribution in [3.05, 3.63) is 59.7 Å². The van der Waals surface area contributed by atoms with Crippen molar-refractivity contribution < 1.29 is 0 Å². The van der Waals surface area contributed by atoms with Gasteiger partial charge in [0.15, 0.2) is 0 Å². The summed E-state index contributed by atoms with van der Waals surface area (Å²) in [5.74, 6) is 8.06. The van der Waals surface area contributed by atoms with Crippen LogP contribution in [0.2, 0.25) is 0 Å². The fourth-order valence-electron chi connectivity index (χ4n) is 3.08. The molecule has 1 aromatic carbocycles. The summed E-state index contributed by atoms with van der Waals surface area (Å²) in [6.07, 6.45) is 16.6. The third kappa shape index (κ3) is 5.57. The lowest BCUT2D eigenvalue weighted by Gasteiger charge is -2.25. The Labute approximate surface area is 136 Å². The summed E-state index contributed by atoms with van der Waals surface area (Å²) < 4.78 is 0. The SMILES string of the molecule is C/C=C/C[C@H]1CC[C@H](/C=C/C#Cc2ccc(CC)cc2)CC1. The van der Waals surface area contributed by atoms with E-state index in [-0.39, 0.29) is 0 Å². The molecule has 0 nitrogen and oxygen atoms in total. The molecule has 0 saturated heterocycles. The number of allylic oxidation sites excluding steroid dienone is 4. The highest BCUT2D eigenvalue weighted by atomic mass is 14.2. The zero-order valence-electron chi connectivity index (χ0n) is 14.0. The van der Waals surface area contributed by atoms with Crippen LogP contribution in [0, 0.1) is 23.7 Å². The van der Waals surface area contributed by atoms with E-state index in [1.807, 2.05) is 0 Å². The molecule has 0 heteroatoms. The first kappa shape index (κ1) is 16.6. The van der Waals surface area contributed by atoms with Gasteiger partial charge in [0.1, 0.15) is 0 Å². The Morgan fingerprint density at radius 2 is 1.82 bits per heavy atom. The van der Waals surface area contributed by atoms with Crippen molar-refractivity contribution in [1.29, 1.82) is 0 Å². The predicted octanol–water partition coefficient (Wildman–Crippen LogP) is 5.93. The van der Waals surface area contributed by atoms with Crippen molar-refractivity contribution in [3.8, 4) is 11.8 Å². The van der Waals surface area contributed by atoms with E-state index in [2.05, 4.69) is 74.3 Å². The molecule has 1 fully saturated rings. The molecule has 0 aliphatic heterocycles. The minimum atomic E-state index is 0.735. The highest BCUT2D eigenvalue weighted by molar-refractivity contribution is 5.38. The second-order valence-electron chi connectivity index (χ2n) is 6.26. The summed E-state index contributed by atoms with van der Waals surface area (Å²) in [5.41, 5.74) is 2.48. The van der Waals surface area contributed by atoms with Crippen LogP contribution in [-0.2, 0) is 6.42 Å². The van der Waals surface area contributed by atoms with Crippen molar-refractivity contribution >= 4 is 0 Å². The molecular weight excluding hydrogens is 264 g/mol. The van der Waals surface area contributed by atoms with Crippen LogP contribution >= 0.6 is 0 Å². The Morgan fingerprint density at radius 1 is 1.09 bits per heavy atom. The molecule has 2 rings (SSSR count). The Kier molecular flexibility index (Phi) is 7.04. The Balaban J connectivity index is 1.77. The van der Waals surface area contributed by atoms with E-state index < -0.39 is 0 Å². The van der Waals surface area contributed by atoms with Gasteiger partial charge in [-0.05, 0) is 81.1 Å². The summed E-state index contributed by atoms with van der Waals surface area (Å²) in [7, 11) is 0. The van der Waals surface area contributed by atoms with Gasteiger partial charge in [0, 0.05) is 5.56 Å². The lowest BCUT2D eigenvalue weighted by Crippen LogP contribution is -2.12. The van der Waals surface area contributed by atoms with Gasteiger partial charge in [-0.3, -0.25) is 0 Å². The molecule has 0 N–H and O–H groups in total. The van der Waals surface area contributed by atoms with E-state index >= 15 is 0 Å². The van der Waals surface area contributed by atoms with Crippen molar-refractivity contribution in [3.63, 3.8) is 0 Å². The maximum Gasteiger partial charge on any atom is 0.0249 e. The third-order valence-electron chi connectivity index (χ3n) is 4.63. The molecular formula is C22H28. The van der Waals surface area contributed by atoms with E-state index in [9.17, 15) is 0 Å². The summed E-state index contributed by atoms with van der Waals surface area (Å²) in [6.45, 7) is 4.29. The molecule has 0 aromatic heterocycles. The molecule has 1 saturated carbocycles. The molecule has 22 heavy (non-hydrogen) atoms. The molecule has 0 atom stereocenters. The lowest BCUT2D eigenvalue weighted by molar-refractivity contribution is 0.312. The fraction of sp³-hybridized carbons (Fsp3) is 0.455. The molecule has 0 heterocycles. The van der Waals surface area contributed by atoms with Crippen molar-refractivity contribution in [2.24, 2.45) is 11.8 Å². The smallest absolute Gasteiger partial charge is 0.0249 e. The van der Waals surface area contributed by atoms with Gasteiger partial charge in [-0.2, -0.15) is 0 Å². The van der Waals surface area contributed by atoms with Gasteiger partial charge < -0.3 is 0 Å². The first-order valence-corrected chi connectivity index (χ1v) is 8.70. The van der Waals surface area contributed by atoms with Gasteiger partial charge in [0.05, 0.1) is 0 Å². The number of hydrogen-bond donors (Lipinski definition) is 0. The van der Waals surface area contributed by atoms with Crippen molar-refractivity contribution in [1.82, 2.24) is 0 Å². The fourth-order valence-corrected chi connectivity index (χ4v) is 3.08. The molecule has 0 bridgehead atoms. The molecule has 1 aliphatic rings. The average Bonchev–Trinajstić information content (AvgIpc) is 2.58. The van der Waals surface area contributed by atoms with Gasteiger partial charge in [-0.1, -0.05) is 49.1 Å². The minimum Gasteiger partial charge on any atom is -0.0917 e. The monoisotopic (exact) mass is 292 g/mol. The molecule has 116 valence electrons. The van der Waals surface area contributed by atoms with Crippen LogP contribution in [0.1, 0.15) is 57.1 Å². The van der Waals surface area contributed by atoms with Crippen LogP contribution < -0.4 is 0 Å². The topological polar surface area (TPSA) is 0 Å². The average molecular weight is 292 g/mol. The molecule has 0 radical (unpaired) electrons. The van der Waals surface area contributed by atoms with E-state index in [1.54, 1.807) is 0 Å². The molecule has 0 spiro atoms. The second kappa shape index (κ2) is 9.31. The lowest BCUT2D eigenvalue weighted by atomic mass is 9.80. The molecule has 0 unspecified atom stereocenters. The standard InChI is InChI=1S/C22H28/c1-3-5-8-20-15-17-22(18-16-20)10-7-6-9-21-13-11-19(4-2)12-14-21/h3,5,7,10-14,20,22H,4,8,15-18H2,1-2H3/b5-3+,10-7+/t20-,22-. The summed E-state index contributed by atoms with van der Waals surface area (Å²) in [6, 6.07) is 8.57. The van der Waals surface area contributed by atoms with Gasteiger partial charge in [-0.25, -0.2) is 0 Å². The second-order valence-corrected chi connectivity index (χ2v) is 6.26. The third-order valence-corrected chi connectivity index (χ3v) is 4.63. The van der Waals surface area contributed by atoms with Gasteiger partial charge >= 0.3 is 0 Å². The highest BCUT2D eigenvalue weighted by Crippen LogP contribution is 2.31. The number of aryl methyl sites for hydroxylation is 1. The number of hydrogen-bond acceptors (Lipinski definition) is 0.